The number of carbonyl (C=O) groups is 1. The smallest absolute Gasteiger partial charge is 0.356 e. The first-order valence-electron chi connectivity index (χ1n) is 5.23. The van der Waals surface area contributed by atoms with Crippen LogP contribution in [0.1, 0.15) is 22.7 Å². The molecule has 3 N–H and O–H groups in total. The Kier molecular flexibility index (Phi) is 3.31. The number of aryl methyl sites for hydroxylation is 1. The van der Waals surface area contributed by atoms with Gasteiger partial charge in [-0.05, 0) is 25.1 Å². The molecule has 0 saturated carbocycles. The molecular formula is C11H12ClN3O2. The van der Waals surface area contributed by atoms with Crippen molar-refractivity contribution in [1.82, 2.24) is 9.38 Å². The highest BCUT2D eigenvalue weighted by atomic mass is 35.5. The van der Waals surface area contributed by atoms with Crippen LogP contribution in [-0.2, 0) is 6.42 Å². The maximum atomic E-state index is 11.1. The molecule has 0 spiro atoms. The number of nitrogens with zero attached hydrogens (tertiary/aromatic N) is 2. The zero-order valence-electron chi connectivity index (χ0n) is 9.06. The highest BCUT2D eigenvalue weighted by Gasteiger charge is 2.16. The van der Waals surface area contributed by atoms with E-state index in [0.29, 0.717) is 29.3 Å². The second-order valence-electron chi connectivity index (χ2n) is 3.68. The van der Waals surface area contributed by atoms with E-state index in [4.69, 9.17) is 22.4 Å². The normalized spacial score (nSPS) is 10.9. The summed E-state index contributed by atoms with van der Waals surface area (Å²) in [7, 11) is 0. The summed E-state index contributed by atoms with van der Waals surface area (Å²) in [5, 5.41) is 9.60. The zero-order chi connectivity index (χ0) is 12.4. The first-order valence-corrected chi connectivity index (χ1v) is 5.61. The van der Waals surface area contributed by atoms with Crippen molar-refractivity contribution in [1.29, 1.82) is 0 Å². The van der Waals surface area contributed by atoms with E-state index in [0.717, 1.165) is 6.42 Å². The number of aromatic nitrogens is 2. The summed E-state index contributed by atoms with van der Waals surface area (Å²) in [4.78, 5) is 15.2. The quantitative estimate of drug-likeness (QED) is 0.867. The van der Waals surface area contributed by atoms with E-state index in [-0.39, 0.29) is 5.69 Å². The Morgan fingerprint density at radius 2 is 2.29 bits per heavy atom. The first kappa shape index (κ1) is 11.9. The highest BCUT2D eigenvalue weighted by Crippen LogP contribution is 2.18. The van der Waals surface area contributed by atoms with Crippen LogP contribution in [0.4, 0.5) is 0 Å². The molecule has 0 fully saturated rings. The number of fused-ring (bicyclic) bond motifs is 1. The molecule has 2 aromatic heterocycles. The largest absolute Gasteiger partial charge is 0.476 e. The van der Waals surface area contributed by atoms with Gasteiger partial charge in [-0.25, -0.2) is 9.78 Å². The lowest BCUT2D eigenvalue weighted by Crippen LogP contribution is -2.03. The van der Waals surface area contributed by atoms with Crippen molar-refractivity contribution in [3.8, 4) is 0 Å². The van der Waals surface area contributed by atoms with Crippen LogP contribution in [0, 0.1) is 0 Å². The molecule has 5 nitrogen and oxygen atoms in total. The molecule has 0 aliphatic rings. The molecule has 0 amide bonds. The second-order valence-corrected chi connectivity index (χ2v) is 4.11. The van der Waals surface area contributed by atoms with E-state index in [1.807, 2.05) is 0 Å². The average molecular weight is 254 g/mol. The molecule has 0 aliphatic carbocycles. The van der Waals surface area contributed by atoms with Gasteiger partial charge in [0.25, 0.3) is 0 Å². The Morgan fingerprint density at radius 1 is 1.53 bits per heavy atom. The van der Waals surface area contributed by atoms with Crippen molar-refractivity contribution in [2.75, 3.05) is 6.54 Å². The number of carboxylic acids is 1. The predicted molar refractivity (Wildman–Crippen MR) is 64.5 cm³/mol. The van der Waals surface area contributed by atoms with E-state index in [1.54, 1.807) is 22.7 Å². The first-order chi connectivity index (χ1) is 8.13. The van der Waals surface area contributed by atoms with Gasteiger partial charge < -0.3 is 15.2 Å². The molecule has 0 radical (unpaired) electrons. The highest BCUT2D eigenvalue weighted by molar-refractivity contribution is 6.30. The van der Waals surface area contributed by atoms with Gasteiger partial charge in [0.05, 0.1) is 10.5 Å². The minimum Gasteiger partial charge on any atom is -0.476 e. The topological polar surface area (TPSA) is 80.6 Å². The van der Waals surface area contributed by atoms with Crippen molar-refractivity contribution < 1.29 is 9.90 Å². The van der Waals surface area contributed by atoms with E-state index >= 15 is 0 Å². The van der Waals surface area contributed by atoms with Crippen molar-refractivity contribution >= 4 is 23.1 Å². The monoisotopic (exact) mass is 253 g/mol. The lowest BCUT2D eigenvalue weighted by atomic mass is 10.3. The number of nitrogens with two attached hydrogens (primary N) is 1. The van der Waals surface area contributed by atoms with Gasteiger partial charge in [0.1, 0.15) is 5.82 Å². The third kappa shape index (κ3) is 2.25. The Hall–Kier alpha value is -1.59. The summed E-state index contributed by atoms with van der Waals surface area (Å²) in [6.45, 7) is 0.540. The van der Waals surface area contributed by atoms with Gasteiger partial charge in [-0.3, -0.25) is 0 Å². The van der Waals surface area contributed by atoms with Gasteiger partial charge in [0, 0.05) is 12.6 Å². The summed E-state index contributed by atoms with van der Waals surface area (Å²) in [5.41, 5.74) is 6.04. The van der Waals surface area contributed by atoms with E-state index in [2.05, 4.69) is 4.98 Å². The lowest BCUT2D eigenvalue weighted by molar-refractivity contribution is 0.0693. The fourth-order valence-electron chi connectivity index (χ4n) is 1.72. The summed E-state index contributed by atoms with van der Waals surface area (Å²) in [6.07, 6.45) is 3.05. The third-order valence-corrected chi connectivity index (χ3v) is 2.70. The van der Waals surface area contributed by atoms with Crippen LogP contribution < -0.4 is 5.73 Å². The van der Waals surface area contributed by atoms with E-state index in [9.17, 15) is 4.79 Å². The van der Waals surface area contributed by atoms with Crippen LogP contribution in [0.2, 0.25) is 5.02 Å². The maximum Gasteiger partial charge on any atom is 0.356 e. The summed E-state index contributed by atoms with van der Waals surface area (Å²) in [5.74, 6) is -0.367. The molecule has 17 heavy (non-hydrogen) atoms. The number of carboxylic acid groups (broad SMARTS) is 1. The zero-order valence-corrected chi connectivity index (χ0v) is 9.81. The van der Waals surface area contributed by atoms with Gasteiger partial charge in [-0.1, -0.05) is 11.6 Å². The van der Waals surface area contributed by atoms with Crippen LogP contribution in [0.3, 0.4) is 0 Å². The van der Waals surface area contributed by atoms with Crippen molar-refractivity contribution in [3.05, 3.63) is 34.9 Å². The predicted octanol–water partition coefficient (Wildman–Crippen LogP) is 1.58. The Labute approximate surface area is 103 Å². The number of imidazole rings is 1. The molecule has 6 heteroatoms. The van der Waals surface area contributed by atoms with Crippen LogP contribution in [0.25, 0.3) is 5.52 Å². The Bertz CT molecular complexity index is 565. The molecule has 0 saturated heterocycles. The Morgan fingerprint density at radius 3 is 2.94 bits per heavy atom. The number of pyridine rings is 1. The van der Waals surface area contributed by atoms with Gasteiger partial charge in [-0.2, -0.15) is 0 Å². The second kappa shape index (κ2) is 4.73. The molecule has 2 heterocycles. The Balaban J connectivity index is 2.58. The number of hydrogen-bond donors (Lipinski definition) is 2. The molecule has 2 rings (SSSR count). The van der Waals surface area contributed by atoms with Crippen LogP contribution in [0.5, 0.6) is 0 Å². The van der Waals surface area contributed by atoms with E-state index < -0.39 is 5.97 Å². The number of aromatic carboxylic acids is 1. The SMILES string of the molecule is NCCCc1nc(C(=O)O)c2ccc(Cl)cn12. The van der Waals surface area contributed by atoms with Crippen molar-refractivity contribution in [2.45, 2.75) is 12.8 Å². The molecule has 0 atom stereocenters. The molecular weight excluding hydrogens is 242 g/mol. The van der Waals surface area contributed by atoms with Crippen molar-refractivity contribution in [3.63, 3.8) is 0 Å². The fraction of sp³-hybridized carbons (Fsp3) is 0.273. The van der Waals surface area contributed by atoms with Gasteiger partial charge >= 0.3 is 5.97 Å². The lowest BCUT2D eigenvalue weighted by Gasteiger charge is -2.00. The van der Waals surface area contributed by atoms with Crippen LogP contribution >= 0.6 is 11.6 Å². The standard InChI is InChI=1S/C11H12ClN3O2/c12-7-3-4-8-10(11(16)17)14-9(2-1-5-13)15(8)6-7/h3-4,6H,1-2,5,13H2,(H,16,17). The summed E-state index contributed by atoms with van der Waals surface area (Å²) < 4.78 is 1.71. The molecule has 0 unspecified atom stereocenters. The molecule has 2 aromatic rings. The summed E-state index contributed by atoms with van der Waals surface area (Å²) in [6, 6.07) is 3.31. The van der Waals surface area contributed by atoms with Gasteiger partial charge in [0.15, 0.2) is 5.69 Å². The van der Waals surface area contributed by atoms with Gasteiger partial charge in [-0.15, -0.1) is 0 Å². The average Bonchev–Trinajstić information content (AvgIpc) is 2.64. The van der Waals surface area contributed by atoms with Crippen LogP contribution in [-0.4, -0.2) is 27.0 Å². The molecule has 0 aliphatic heterocycles. The fourth-order valence-corrected chi connectivity index (χ4v) is 1.88. The molecule has 0 bridgehead atoms. The molecule has 90 valence electrons. The summed E-state index contributed by atoms with van der Waals surface area (Å²) >= 11 is 5.89. The maximum absolute atomic E-state index is 11.1. The minimum absolute atomic E-state index is 0.0497. The van der Waals surface area contributed by atoms with Crippen molar-refractivity contribution in [2.24, 2.45) is 5.73 Å². The van der Waals surface area contributed by atoms with Crippen LogP contribution in [0.15, 0.2) is 18.3 Å². The number of halogens is 1. The number of rotatable bonds is 4. The minimum atomic E-state index is -1.04. The molecule has 0 aromatic carbocycles. The van der Waals surface area contributed by atoms with Gasteiger partial charge in [0.2, 0.25) is 0 Å². The van der Waals surface area contributed by atoms with E-state index in [1.165, 1.54) is 0 Å². The third-order valence-electron chi connectivity index (χ3n) is 2.48. The number of hydrogen-bond acceptors (Lipinski definition) is 3.